The fraction of sp³-hybridized carbons (Fsp3) is 1.00. The molecule has 1 saturated carbocycles. The second-order valence-corrected chi connectivity index (χ2v) is 4.29. The van der Waals surface area contributed by atoms with Gasteiger partial charge in [-0.1, -0.05) is 27.7 Å². The monoisotopic (exact) mass is 126 g/mol. The summed E-state index contributed by atoms with van der Waals surface area (Å²) in [5, 5.41) is 0. The first-order chi connectivity index (χ1) is 4.04. The first-order valence-electron chi connectivity index (χ1n) is 4.04. The van der Waals surface area contributed by atoms with Crippen LogP contribution >= 0.6 is 0 Å². The van der Waals surface area contributed by atoms with Gasteiger partial charge in [-0.05, 0) is 30.1 Å². The Morgan fingerprint density at radius 1 is 1.22 bits per heavy atom. The van der Waals surface area contributed by atoms with Crippen LogP contribution in [0.1, 0.15) is 40.5 Å². The van der Waals surface area contributed by atoms with Gasteiger partial charge in [0.05, 0.1) is 0 Å². The minimum atomic E-state index is 0.624. The van der Waals surface area contributed by atoms with E-state index in [9.17, 15) is 0 Å². The van der Waals surface area contributed by atoms with Gasteiger partial charge in [-0.15, -0.1) is 0 Å². The molecule has 0 aromatic rings. The Hall–Kier alpha value is 0. The van der Waals surface area contributed by atoms with E-state index in [1.807, 2.05) is 0 Å². The maximum atomic E-state index is 2.39. The van der Waals surface area contributed by atoms with Crippen molar-refractivity contribution in [1.29, 1.82) is 0 Å². The van der Waals surface area contributed by atoms with Gasteiger partial charge in [-0.25, -0.2) is 0 Å². The maximum Gasteiger partial charge on any atom is -0.0326 e. The van der Waals surface area contributed by atoms with Crippen molar-refractivity contribution in [3.05, 3.63) is 0 Å². The Morgan fingerprint density at radius 3 is 1.89 bits per heavy atom. The zero-order valence-electron chi connectivity index (χ0n) is 7.07. The predicted molar refractivity (Wildman–Crippen MR) is 41.3 cm³/mol. The molecule has 9 heavy (non-hydrogen) atoms. The molecule has 1 aliphatic carbocycles. The Balaban J connectivity index is 2.62. The van der Waals surface area contributed by atoms with Gasteiger partial charge in [0.15, 0.2) is 0 Å². The molecule has 0 heteroatoms. The summed E-state index contributed by atoms with van der Waals surface area (Å²) in [5.74, 6) is 1.89. The molecule has 0 aliphatic heterocycles. The molecule has 0 aromatic heterocycles. The van der Waals surface area contributed by atoms with Crippen molar-refractivity contribution in [3.63, 3.8) is 0 Å². The summed E-state index contributed by atoms with van der Waals surface area (Å²) in [5.41, 5.74) is 0.624. The number of hydrogen-bond acceptors (Lipinski definition) is 0. The van der Waals surface area contributed by atoms with Gasteiger partial charge < -0.3 is 0 Å². The van der Waals surface area contributed by atoms with Crippen LogP contribution in [0.15, 0.2) is 0 Å². The summed E-state index contributed by atoms with van der Waals surface area (Å²) in [6.07, 6.45) is 2.86. The highest BCUT2D eigenvalue weighted by Crippen LogP contribution is 2.45. The number of hydrogen-bond donors (Lipinski definition) is 0. The van der Waals surface area contributed by atoms with Crippen LogP contribution in [0.25, 0.3) is 0 Å². The van der Waals surface area contributed by atoms with Crippen LogP contribution in [0.3, 0.4) is 0 Å². The van der Waals surface area contributed by atoms with E-state index in [4.69, 9.17) is 0 Å². The van der Waals surface area contributed by atoms with Crippen molar-refractivity contribution in [2.75, 3.05) is 0 Å². The molecule has 0 bridgehead atoms. The molecule has 1 fully saturated rings. The zero-order chi connectivity index (χ0) is 7.07. The summed E-state index contributed by atoms with van der Waals surface area (Å²) in [6.45, 7) is 9.54. The van der Waals surface area contributed by atoms with Crippen molar-refractivity contribution >= 4 is 0 Å². The quantitative estimate of drug-likeness (QED) is 0.468. The Labute approximate surface area is 58.7 Å². The van der Waals surface area contributed by atoms with Gasteiger partial charge in [0, 0.05) is 0 Å². The van der Waals surface area contributed by atoms with E-state index in [-0.39, 0.29) is 0 Å². The van der Waals surface area contributed by atoms with E-state index < -0.39 is 0 Å². The summed E-state index contributed by atoms with van der Waals surface area (Å²) in [7, 11) is 0. The van der Waals surface area contributed by atoms with E-state index >= 15 is 0 Å². The third-order valence-electron chi connectivity index (χ3n) is 3.33. The Bertz CT molecular complexity index is 103. The van der Waals surface area contributed by atoms with Crippen molar-refractivity contribution in [3.8, 4) is 0 Å². The smallest absolute Gasteiger partial charge is 0.0326 e. The van der Waals surface area contributed by atoms with E-state index in [0.717, 1.165) is 11.8 Å². The third-order valence-corrected chi connectivity index (χ3v) is 3.33. The lowest BCUT2D eigenvalue weighted by molar-refractivity contribution is 0.248. The van der Waals surface area contributed by atoms with Crippen LogP contribution in [0.5, 0.6) is 0 Å². The van der Waals surface area contributed by atoms with Gasteiger partial charge in [-0.3, -0.25) is 0 Å². The molecule has 0 spiro atoms. The first-order valence-corrected chi connectivity index (χ1v) is 4.04. The normalized spacial score (nSPS) is 41.3. The summed E-state index contributed by atoms with van der Waals surface area (Å²) in [4.78, 5) is 0. The van der Waals surface area contributed by atoms with Crippen molar-refractivity contribution in [2.45, 2.75) is 40.5 Å². The molecule has 2 atom stereocenters. The lowest BCUT2D eigenvalue weighted by Gasteiger charge is -2.25. The van der Waals surface area contributed by atoms with E-state index in [1.165, 1.54) is 12.8 Å². The molecular weight excluding hydrogens is 108 g/mol. The molecule has 0 amide bonds. The van der Waals surface area contributed by atoms with Crippen LogP contribution in [0, 0.1) is 17.3 Å². The van der Waals surface area contributed by atoms with Crippen LogP contribution in [0.4, 0.5) is 0 Å². The van der Waals surface area contributed by atoms with E-state index in [0.29, 0.717) is 5.41 Å². The summed E-state index contributed by atoms with van der Waals surface area (Å²) in [6, 6.07) is 0. The predicted octanol–water partition coefficient (Wildman–Crippen LogP) is 3.08. The van der Waals surface area contributed by atoms with Crippen molar-refractivity contribution in [2.24, 2.45) is 17.3 Å². The van der Waals surface area contributed by atoms with Crippen LogP contribution in [0.2, 0.25) is 0 Å². The average molecular weight is 126 g/mol. The molecule has 0 saturated heterocycles. The largest absolute Gasteiger partial charge is 0.0622 e. The summed E-state index contributed by atoms with van der Waals surface area (Å²) < 4.78 is 0. The van der Waals surface area contributed by atoms with Gasteiger partial charge in [-0.2, -0.15) is 0 Å². The SMILES string of the molecule is CC1CCC(C)(C)[C@@H]1C. The highest BCUT2D eigenvalue weighted by molar-refractivity contribution is 4.85. The standard InChI is InChI=1S/C9H18/c1-7-5-6-9(3,4)8(7)2/h7-8H,5-6H2,1-4H3/t7?,8-/m1/s1. The summed E-state index contributed by atoms with van der Waals surface area (Å²) >= 11 is 0. The minimum Gasteiger partial charge on any atom is -0.0622 e. The second kappa shape index (κ2) is 2.00. The average Bonchev–Trinajstić information content (AvgIpc) is 1.97. The Kier molecular flexibility index (Phi) is 1.58. The van der Waals surface area contributed by atoms with Gasteiger partial charge >= 0.3 is 0 Å². The van der Waals surface area contributed by atoms with E-state index in [2.05, 4.69) is 27.7 Å². The molecule has 0 N–H and O–H groups in total. The fourth-order valence-electron chi connectivity index (χ4n) is 1.85. The molecule has 0 radical (unpaired) electrons. The molecule has 54 valence electrons. The van der Waals surface area contributed by atoms with Gasteiger partial charge in [0.1, 0.15) is 0 Å². The number of rotatable bonds is 0. The topological polar surface area (TPSA) is 0 Å². The van der Waals surface area contributed by atoms with Crippen LogP contribution in [-0.2, 0) is 0 Å². The second-order valence-electron chi connectivity index (χ2n) is 4.29. The van der Waals surface area contributed by atoms with Gasteiger partial charge in [0.25, 0.3) is 0 Å². The highest BCUT2D eigenvalue weighted by atomic mass is 14.4. The fourth-order valence-corrected chi connectivity index (χ4v) is 1.85. The van der Waals surface area contributed by atoms with Crippen LogP contribution in [-0.4, -0.2) is 0 Å². The molecule has 0 heterocycles. The molecular formula is C9H18. The van der Waals surface area contributed by atoms with Crippen LogP contribution < -0.4 is 0 Å². The zero-order valence-corrected chi connectivity index (χ0v) is 7.07. The highest BCUT2D eigenvalue weighted by Gasteiger charge is 2.35. The van der Waals surface area contributed by atoms with Crippen molar-refractivity contribution < 1.29 is 0 Å². The molecule has 0 aromatic carbocycles. The molecule has 0 nitrogen and oxygen atoms in total. The third kappa shape index (κ3) is 1.12. The maximum absolute atomic E-state index is 2.39. The van der Waals surface area contributed by atoms with Crippen molar-refractivity contribution in [1.82, 2.24) is 0 Å². The first kappa shape index (κ1) is 7.11. The van der Waals surface area contributed by atoms with E-state index in [1.54, 1.807) is 0 Å². The minimum absolute atomic E-state index is 0.624. The molecule has 1 rings (SSSR count). The molecule has 1 unspecified atom stereocenters. The lowest BCUT2D eigenvalue weighted by atomic mass is 9.81. The van der Waals surface area contributed by atoms with Gasteiger partial charge in [0.2, 0.25) is 0 Å². The lowest BCUT2D eigenvalue weighted by Crippen LogP contribution is -2.17. The Morgan fingerprint density at radius 2 is 1.78 bits per heavy atom. The molecule has 1 aliphatic rings.